The number of nitrogens with zero attached hydrogens (tertiary/aromatic N) is 1. The Kier molecular flexibility index (Phi) is 5.87. The molecule has 2 atom stereocenters. The van der Waals surface area contributed by atoms with Gasteiger partial charge in [0.2, 0.25) is 0 Å². The van der Waals surface area contributed by atoms with Crippen LogP contribution in [0.25, 0.3) is 0 Å². The zero-order valence-electron chi connectivity index (χ0n) is 14.3. The van der Waals surface area contributed by atoms with Gasteiger partial charge in [-0.15, -0.1) is 0 Å². The molecular weight excluding hydrogens is 274 g/mol. The van der Waals surface area contributed by atoms with Gasteiger partial charge in [0, 0.05) is 12.6 Å². The highest BCUT2D eigenvalue weighted by molar-refractivity contribution is 5.81. The summed E-state index contributed by atoms with van der Waals surface area (Å²) in [5.41, 5.74) is 1.24. The molecule has 1 fully saturated rings. The number of hydrogen-bond acceptors (Lipinski definition) is 2. The minimum absolute atomic E-state index is 0.126. The van der Waals surface area contributed by atoms with Crippen molar-refractivity contribution in [1.82, 2.24) is 4.90 Å². The largest absolute Gasteiger partial charge is 0.481 e. The van der Waals surface area contributed by atoms with Crippen molar-refractivity contribution in [3.63, 3.8) is 0 Å². The van der Waals surface area contributed by atoms with Gasteiger partial charge in [0.1, 0.15) is 5.75 Å². The summed E-state index contributed by atoms with van der Waals surface area (Å²) in [6.45, 7) is 9.22. The van der Waals surface area contributed by atoms with Crippen molar-refractivity contribution in [3.8, 4) is 5.75 Å². The van der Waals surface area contributed by atoms with Crippen molar-refractivity contribution in [2.45, 2.75) is 71.4 Å². The molecule has 0 saturated carbocycles. The van der Waals surface area contributed by atoms with Crippen LogP contribution in [-0.2, 0) is 4.79 Å². The Bertz CT molecular complexity index is 498. The van der Waals surface area contributed by atoms with Gasteiger partial charge >= 0.3 is 0 Å². The van der Waals surface area contributed by atoms with Crippen LogP contribution in [0.3, 0.4) is 0 Å². The zero-order chi connectivity index (χ0) is 16.1. The normalized spacial score (nSPS) is 20.0. The molecule has 1 aromatic rings. The summed E-state index contributed by atoms with van der Waals surface area (Å²) in [7, 11) is 0. The van der Waals surface area contributed by atoms with Crippen molar-refractivity contribution in [3.05, 3.63) is 29.8 Å². The van der Waals surface area contributed by atoms with Crippen molar-refractivity contribution in [2.75, 3.05) is 6.54 Å². The van der Waals surface area contributed by atoms with E-state index in [1.54, 1.807) is 0 Å². The van der Waals surface area contributed by atoms with Crippen molar-refractivity contribution in [2.24, 2.45) is 0 Å². The van der Waals surface area contributed by atoms with Crippen LogP contribution < -0.4 is 4.74 Å². The fourth-order valence-corrected chi connectivity index (χ4v) is 3.15. The molecule has 1 heterocycles. The molecule has 0 aromatic heterocycles. The molecule has 1 saturated heterocycles. The summed E-state index contributed by atoms with van der Waals surface area (Å²) in [6.07, 6.45) is 4.07. The van der Waals surface area contributed by atoms with E-state index in [2.05, 4.69) is 26.8 Å². The molecule has 0 spiro atoms. The maximum atomic E-state index is 12.7. The van der Waals surface area contributed by atoms with Crippen molar-refractivity contribution < 1.29 is 9.53 Å². The predicted molar refractivity (Wildman–Crippen MR) is 90.3 cm³/mol. The number of likely N-dealkylation sites (tertiary alicyclic amines) is 1. The van der Waals surface area contributed by atoms with Crippen LogP contribution in [0.4, 0.5) is 0 Å². The lowest BCUT2D eigenvalue weighted by molar-refractivity contribution is -0.141. The van der Waals surface area contributed by atoms with Gasteiger partial charge in [-0.05, 0) is 56.2 Å². The first-order chi connectivity index (χ1) is 10.5. The minimum Gasteiger partial charge on any atom is -0.481 e. The first kappa shape index (κ1) is 16.9. The van der Waals surface area contributed by atoms with Gasteiger partial charge in [-0.25, -0.2) is 0 Å². The summed E-state index contributed by atoms with van der Waals surface area (Å²) < 4.78 is 5.92. The maximum absolute atomic E-state index is 12.7. The molecule has 3 heteroatoms. The van der Waals surface area contributed by atoms with Gasteiger partial charge in [-0.1, -0.05) is 32.9 Å². The first-order valence-electron chi connectivity index (χ1n) is 8.60. The van der Waals surface area contributed by atoms with Crippen LogP contribution in [0.2, 0.25) is 0 Å². The molecule has 0 bridgehead atoms. The molecule has 1 amide bonds. The van der Waals surface area contributed by atoms with Gasteiger partial charge in [0.25, 0.3) is 5.91 Å². The fraction of sp³-hybridized carbons (Fsp3) is 0.632. The maximum Gasteiger partial charge on any atom is 0.263 e. The topological polar surface area (TPSA) is 29.5 Å². The Morgan fingerprint density at radius 3 is 2.77 bits per heavy atom. The lowest BCUT2D eigenvalue weighted by Crippen LogP contribution is -2.48. The lowest BCUT2D eigenvalue weighted by Gasteiger charge is -2.36. The molecule has 2 rings (SSSR count). The molecule has 0 aliphatic carbocycles. The second-order valence-corrected chi connectivity index (χ2v) is 6.58. The average Bonchev–Trinajstić information content (AvgIpc) is 2.54. The highest BCUT2D eigenvalue weighted by Gasteiger charge is 2.29. The third-order valence-corrected chi connectivity index (χ3v) is 4.57. The van der Waals surface area contributed by atoms with E-state index in [4.69, 9.17) is 4.74 Å². The van der Waals surface area contributed by atoms with E-state index in [0.29, 0.717) is 12.0 Å². The van der Waals surface area contributed by atoms with Crippen LogP contribution in [-0.4, -0.2) is 29.5 Å². The van der Waals surface area contributed by atoms with E-state index < -0.39 is 6.10 Å². The minimum atomic E-state index is -0.422. The Balaban J connectivity index is 2.03. The number of amides is 1. The molecule has 1 aliphatic rings. The van der Waals surface area contributed by atoms with Gasteiger partial charge in [0.15, 0.2) is 6.10 Å². The molecule has 1 aliphatic heterocycles. The van der Waals surface area contributed by atoms with Gasteiger partial charge in [-0.2, -0.15) is 0 Å². The van der Waals surface area contributed by atoms with Crippen LogP contribution in [0.15, 0.2) is 24.3 Å². The van der Waals surface area contributed by atoms with Gasteiger partial charge in [0.05, 0.1) is 0 Å². The third kappa shape index (κ3) is 4.02. The molecular formula is C19H29NO2. The van der Waals surface area contributed by atoms with Gasteiger partial charge in [-0.3, -0.25) is 4.79 Å². The number of piperidine rings is 1. The van der Waals surface area contributed by atoms with Crippen LogP contribution in [0.1, 0.15) is 64.9 Å². The monoisotopic (exact) mass is 303 g/mol. The van der Waals surface area contributed by atoms with E-state index in [0.717, 1.165) is 31.6 Å². The standard InChI is InChI=1S/C19H29NO2/c1-5-17-10-6-7-12-20(17)19(21)15(4)22-18-11-8-9-16(13-18)14(2)3/h8-9,11,13-15,17H,5-7,10,12H2,1-4H3. The molecule has 0 radical (unpaired) electrons. The summed E-state index contributed by atoms with van der Waals surface area (Å²) in [5.74, 6) is 1.37. The summed E-state index contributed by atoms with van der Waals surface area (Å²) >= 11 is 0. The quantitative estimate of drug-likeness (QED) is 0.808. The summed E-state index contributed by atoms with van der Waals surface area (Å²) in [6, 6.07) is 8.46. The van der Waals surface area contributed by atoms with Crippen LogP contribution in [0, 0.1) is 0 Å². The van der Waals surface area contributed by atoms with Crippen molar-refractivity contribution >= 4 is 5.91 Å². The van der Waals surface area contributed by atoms with Crippen LogP contribution >= 0.6 is 0 Å². The van der Waals surface area contributed by atoms with E-state index in [1.807, 2.05) is 30.0 Å². The Morgan fingerprint density at radius 2 is 2.09 bits per heavy atom. The molecule has 2 unspecified atom stereocenters. The second-order valence-electron chi connectivity index (χ2n) is 6.58. The lowest BCUT2D eigenvalue weighted by atomic mass is 9.99. The highest BCUT2D eigenvalue weighted by Crippen LogP contribution is 2.23. The Labute approximate surface area is 134 Å². The smallest absolute Gasteiger partial charge is 0.263 e. The summed E-state index contributed by atoms with van der Waals surface area (Å²) in [4.78, 5) is 14.7. The number of carbonyl (C=O) groups is 1. The third-order valence-electron chi connectivity index (χ3n) is 4.57. The predicted octanol–water partition coefficient (Wildman–Crippen LogP) is 4.37. The Morgan fingerprint density at radius 1 is 1.32 bits per heavy atom. The molecule has 3 nitrogen and oxygen atoms in total. The van der Waals surface area contributed by atoms with E-state index >= 15 is 0 Å². The second kappa shape index (κ2) is 7.66. The molecule has 0 N–H and O–H groups in total. The van der Waals surface area contributed by atoms with E-state index in [1.165, 1.54) is 12.0 Å². The summed E-state index contributed by atoms with van der Waals surface area (Å²) in [5, 5.41) is 0. The SMILES string of the molecule is CCC1CCCCN1C(=O)C(C)Oc1cccc(C(C)C)c1. The average molecular weight is 303 g/mol. The number of carbonyl (C=O) groups excluding carboxylic acids is 1. The van der Waals surface area contributed by atoms with Crippen LogP contribution in [0.5, 0.6) is 5.75 Å². The first-order valence-corrected chi connectivity index (χ1v) is 8.60. The zero-order valence-corrected chi connectivity index (χ0v) is 14.3. The number of ether oxygens (including phenoxy) is 1. The fourth-order valence-electron chi connectivity index (χ4n) is 3.15. The molecule has 22 heavy (non-hydrogen) atoms. The number of rotatable bonds is 5. The van der Waals surface area contributed by atoms with E-state index in [9.17, 15) is 4.79 Å². The number of hydrogen-bond donors (Lipinski definition) is 0. The van der Waals surface area contributed by atoms with Crippen molar-refractivity contribution in [1.29, 1.82) is 0 Å². The molecule has 122 valence electrons. The highest BCUT2D eigenvalue weighted by atomic mass is 16.5. The molecule has 1 aromatic carbocycles. The van der Waals surface area contributed by atoms with E-state index in [-0.39, 0.29) is 5.91 Å². The van der Waals surface area contributed by atoms with Gasteiger partial charge < -0.3 is 9.64 Å². The Hall–Kier alpha value is -1.51. The number of benzene rings is 1.